The van der Waals surface area contributed by atoms with E-state index in [2.05, 4.69) is 39.1 Å². The van der Waals surface area contributed by atoms with Crippen molar-refractivity contribution in [3.05, 3.63) is 23.3 Å². The number of rotatable bonds is 6. The molecule has 1 aliphatic carbocycles. The second kappa shape index (κ2) is 7.00. The van der Waals surface area contributed by atoms with Crippen LogP contribution in [0.3, 0.4) is 0 Å². The van der Waals surface area contributed by atoms with E-state index in [1.165, 1.54) is 38.5 Å². The molecule has 0 heterocycles. The number of hydrogen-bond donors (Lipinski definition) is 0. The number of hydrogen-bond acceptors (Lipinski definition) is 0. The zero-order valence-electron chi connectivity index (χ0n) is 11.4. The van der Waals surface area contributed by atoms with Gasteiger partial charge in [-0.1, -0.05) is 51.9 Å². The fraction of sp³-hybridized carbons (Fsp3) is 0.667. The summed E-state index contributed by atoms with van der Waals surface area (Å²) in [6.45, 7) is 9.40. The molecular formula is C15H26Si. The zero-order valence-corrected chi connectivity index (χ0v) is 12.4. The summed E-state index contributed by atoms with van der Waals surface area (Å²) < 4.78 is 0. The van der Waals surface area contributed by atoms with E-state index in [-0.39, 0.29) is 8.41 Å². The van der Waals surface area contributed by atoms with Crippen LogP contribution in [0.15, 0.2) is 23.3 Å². The predicted molar refractivity (Wildman–Crippen MR) is 77.7 cm³/mol. The van der Waals surface area contributed by atoms with Crippen molar-refractivity contribution in [3.63, 3.8) is 0 Å². The van der Waals surface area contributed by atoms with Gasteiger partial charge in [-0.15, -0.1) is 0 Å². The van der Waals surface area contributed by atoms with Gasteiger partial charge in [0.2, 0.25) is 0 Å². The summed E-state index contributed by atoms with van der Waals surface area (Å²) in [5, 5.41) is 1.70. The summed E-state index contributed by atoms with van der Waals surface area (Å²) in [4.78, 5) is 0. The van der Waals surface area contributed by atoms with Crippen molar-refractivity contribution in [2.24, 2.45) is 0 Å². The summed E-state index contributed by atoms with van der Waals surface area (Å²) in [6.07, 6.45) is 12.7. The third-order valence-corrected chi connectivity index (χ3v) is 4.83. The van der Waals surface area contributed by atoms with Gasteiger partial charge in [0.25, 0.3) is 0 Å². The maximum Gasteiger partial charge on any atom is 0.0132 e. The average molecular weight is 234 g/mol. The zero-order chi connectivity index (χ0) is 12.0. The molecule has 0 aliphatic heterocycles. The Bertz CT molecular complexity index is 314. The van der Waals surface area contributed by atoms with Crippen molar-refractivity contribution in [1.82, 2.24) is 0 Å². The minimum Gasteiger partial charge on any atom is -0.0654 e. The molecule has 0 aromatic carbocycles. The van der Waals surface area contributed by atoms with E-state index in [4.69, 9.17) is 0 Å². The molecule has 0 aromatic rings. The van der Waals surface area contributed by atoms with Gasteiger partial charge in [-0.05, 0) is 42.0 Å². The Kier molecular flexibility index (Phi) is 5.97. The lowest BCUT2D eigenvalue weighted by Crippen LogP contribution is -2.08. The Morgan fingerprint density at radius 1 is 0.938 bits per heavy atom. The maximum absolute atomic E-state index is 2.42. The molecule has 0 fully saturated rings. The second-order valence-electron chi connectivity index (χ2n) is 4.96. The number of allylic oxidation sites excluding steroid dienone is 4. The van der Waals surface area contributed by atoms with Gasteiger partial charge >= 0.3 is 0 Å². The molecule has 0 radical (unpaired) electrons. The lowest BCUT2D eigenvalue weighted by molar-refractivity contribution is 0.771. The molecule has 0 unspecified atom stereocenters. The third-order valence-electron chi connectivity index (χ3n) is 3.28. The lowest BCUT2D eigenvalue weighted by atomic mass is 10.0. The Hall–Kier alpha value is -0.433. The van der Waals surface area contributed by atoms with Gasteiger partial charge in [-0.3, -0.25) is 0 Å². The molecule has 0 atom stereocenters. The van der Waals surface area contributed by atoms with E-state index >= 15 is 0 Å². The van der Waals surface area contributed by atoms with Crippen LogP contribution in [-0.4, -0.2) is 13.6 Å². The van der Waals surface area contributed by atoms with E-state index in [0.29, 0.717) is 0 Å². The molecule has 0 aromatic heterocycles. The molecule has 1 rings (SSSR count). The molecule has 90 valence electrons. The topological polar surface area (TPSA) is 0 Å². The van der Waals surface area contributed by atoms with E-state index in [1.807, 2.05) is 0 Å². The monoisotopic (exact) mass is 234 g/mol. The molecule has 1 heteroatoms. The van der Waals surface area contributed by atoms with Crippen LogP contribution in [0.4, 0.5) is 0 Å². The molecule has 0 amide bonds. The van der Waals surface area contributed by atoms with Gasteiger partial charge in [0.15, 0.2) is 0 Å². The van der Waals surface area contributed by atoms with Gasteiger partial charge < -0.3 is 0 Å². The Balaban J connectivity index is 2.83. The summed E-state index contributed by atoms with van der Waals surface area (Å²) in [5.41, 5.74) is 3.37. The van der Waals surface area contributed by atoms with Gasteiger partial charge in [0, 0.05) is 8.41 Å². The first-order chi connectivity index (χ1) is 7.70. The minimum absolute atomic E-state index is 0.275. The second-order valence-corrected chi connectivity index (χ2v) is 7.50. The summed E-state index contributed by atoms with van der Waals surface area (Å²) in [7, 11) is -0.275. The van der Waals surface area contributed by atoms with Gasteiger partial charge in [-0.2, -0.15) is 0 Å². The molecule has 0 saturated heterocycles. The average Bonchev–Trinajstić information content (AvgIpc) is 2.66. The van der Waals surface area contributed by atoms with Crippen LogP contribution in [-0.2, 0) is 0 Å². The van der Waals surface area contributed by atoms with E-state index < -0.39 is 0 Å². The van der Waals surface area contributed by atoms with Crippen LogP contribution in [0.5, 0.6) is 0 Å². The van der Waals surface area contributed by atoms with Crippen LogP contribution in [0.1, 0.15) is 52.4 Å². The summed E-state index contributed by atoms with van der Waals surface area (Å²) in [5.74, 6) is 0. The van der Waals surface area contributed by atoms with Crippen molar-refractivity contribution in [3.8, 4) is 0 Å². The SMILES string of the molecule is CCCCC1=C(CCCC)C(=[Si](C)C)C=C1. The standard InChI is InChI=1S/C15H26Si/c1-5-7-9-13-11-12-15(16(3)4)14(13)10-8-6-2/h11-12H,5-10H2,1-4H3. The summed E-state index contributed by atoms with van der Waals surface area (Å²) in [6, 6.07) is 0. The van der Waals surface area contributed by atoms with Gasteiger partial charge in [-0.25, -0.2) is 0 Å². The van der Waals surface area contributed by atoms with Crippen LogP contribution in [0.25, 0.3) is 0 Å². The van der Waals surface area contributed by atoms with Crippen LogP contribution < -0.4 is 0 Å². The van der Waals surface area contributed by atoms with E-state index in [9.17, 15) is 0 Å². The molecule has 1 aliphatic rings. The van der Waals surface area contributed by atoms with Crippen molar-refractivity contribution in [2.45, 2.75) is 65.5 Å². The van der Waals surface area contributed by atoms with Crippen LogP contribution >= 0.6 is 0 Å². The first kappa shape index (κ1) is 13.6. The molecule has 0 N–H and O–H groups in total. The largest absolute Gasteiger partial charge is 0.0654 e. The highest BCUT2D eigenvalue weighted by atomic mass is 28.2. The first-order valence-corrected chi connectivity index (χ1v) is 9.28. The number of unbranched alkanes of at least 4 members (excludes halogenated alkanes) is 2. The maximum atomic E-state index is 2.42. The third kappa shape index (κ3) is 3.55. The molecular weight excluding hydrogens is 208 g/mol. The van der Waals surface area contributed by atoms with E-state index in [0.717, 1.165) is 0 Å². The highest BCUT2D eigenvalue weighted by molar-refractivity contribution is 6.74. The fourth-order valence-electron chi connectivity index (χ4n) is 2.28. The van der Waals surface area contributed by atoms with Gasteiger partial charge in [0.05, 0.1) is 0 Å². The van der Waals surface area contributed by atoms with Gasteiger partial charge in [0.1, 0.15) is 0 Å². The Morgan fingerprint density at radius 2 is 1.56 bits per heavy atom. The van der Waals surface area contributed by atoms with Crippen molar-refractivity contribution >= 4 is 13.6 Å². The van der Waals surface area contributed by atoms with Crippen LogP contribution in [0.2, 0.25) is 13.1 Å². The van der Waals surface area contributed by atoms with E-state index in [1.54, 1.807) is 16.3 Å². The van der Waals surface area contributed by atoms with Crippen molar-refractivity contribution in [2.75, 3.05) is 0 Å². The molecule has 0 nitrogen and oxygen atoms in total. The quantitative estimate of drug-likeness (QED) is 0.582. The lowest BCUT2D eigenvalue weighted by Gasteiger charge is -2.10. The Morgan fingerprint density at radius 3 is 2.12 bits per heavy atom. The van der Waals surface area contributed by atoms with Crippen LogP contribution in [0, 0.1) is 0 Å². The van der Waals surface area contributed by atoms with Crippen molar-refractivity contribution in [1.29, 1.82) is 0 Å². The first-order valence-electron chi connectivity index (χ1n) is 6.78. The minimum atomic E-state index is -0.275. The molecule has 0 spiro atoms. The smallest absolute Gasteiger partial charge is 0.0132 e. The Labute approximate surface area is 103 Å². The highest BCUT2D eigenvalue weighted by Crippen LogP contribution is 2.26. The normalized spacial score (nSPS) is 15.1. The summed E-state index contributed by atoms with van der Waals surface area (Å²) >= 11 is 0. The molecule has 0 bridgehead atoms. The predicted octanol–water partition coefficient (Wildman–Crippen LogP) is 4.74. The van der Waals surface area contributed by atoms with Crippen molar-refractivity contribution < 1.29 is 0 Å². The molecule has 0 saturated carbocycles. The molecule has 16 heavy (non-hydrogen) atoms. The highest BCUT2D eigenvalue weighted by Gasteiger charge is 2.14. The fourth-order valence-corrected chi connectivity index (χ4v) is 3.58.